The van der Waals surface area contributed by atoms with E-state index in [-0.39, 0.29) is 26.1 Å². The van der Waals surface area contributed by atoms with E-state index in [4.69, 9.17) is 18.9 Å². The first-order chi connectivity index (χ1) is 24.5. The van der Waals surface area contributed by atoms with Gasteiger partial charge in [0.2, 0.25) is 0 Å². The van der Waals surface area contributed by atoms with E-state index >= 15 is 0 Å². The molecule has 2 aromatic carbocycles. The summed E-state index contributed by atoms with van der Waals surface area (Å²) in [4.78, 5) is 0. The van der Waals surface area contributed by atoms with Gasteiger partial charge in [-0.25, -0.2) is 0 Å². The fourth-order valence-electron chi connectivity index (χ4n) is 6.12. The first-order valence-corrected chi connectivity index (χ1v) is 20.1. The minimum absolute atomic E-state index is 0. The van der Waals surface area contributed by atoms with Crippen molar-refractivity contribution < 1.29 is 29.2 Å². The first-order valence-electron chi connectivity index (χ1n) is 20.1. The molecule has 0 bridgehead atoms. The van der Waals surface area contributed by atoms with Crippen molar-refractivity contribution in [3.05, 3.63) is 71.8 Å². The third-order valence-electron chi connectivity index (χ3n) is 9.85. The number of benzene rings is 2. The molecular formula is C45H78O6. The summed E-state index contributed by atoms with van der Waals surface area (Å²) < 4.78 is 21.6. The normalized spacial score (nSPS) is 14.7. The van der Waals surface area contributed by atoms with Crippen molar-refractivity contribution in [3.8, 4) is 0 Å². The van der Waals surface area contributed by atoms with Gasteiger partial charge in [-0.15, -0.1) is 0 Å². The summed E-state index contributed by atoms with van der Waals surface area (Å²) in [5.41, 5.74) is 2.73. The Morgan fingerprint density at radius 2 is 1.00 bits per heavy atom. The van der Waals surface area contributed by atoms with Gasteiger partial charge in [0.05, 0.1) is 39.6 Å². The Hall–Kier alpha value is -1.80. The maximum absolute atomic E-state index is 9.23. The molecule has 2 N–H and O–H groups in total. The van der Waals surface area contributed by atoms with Gasteiger partial charge in [-0.3, -0.25) is 0 Å². The second-order valence-corrected chi connectivity index (χ2v) is 15.3. The van der Waals surface area contributed by atoms with Crippen LogP contribution in [0.25, 0.3) is 0 Å². The fraction of sp³-hybridized carbons (Fsp3) is 0.733. The van der Waals surface area contributed by atoms with Gasteiger partial charge in [0.15, 0.2) is 0 Å². The molecule has 6 nitrogen and oxygen atoms in total. The average molecular weight is 715 g/mol. The van der Waals surface area contributed by atoms with E-state index in [0.29, 0.717) is 5.41 Å². The zero-order valence-electron chi connectivity index (χ0n) is 32.1. The molecule has 2 aromatic rings. The maximum Gasteiger partial charge on any atom is 0.0716 e. The highest BCUT2D eigenvalue weighted by molar-refractivity contribution is 5.14. The van der Waals surface area contributed by atoms with Crippen LogP contribution in [-0.4, -0.2) is 63.1 Å². The molecule has 0 atom stereocenters. The van der Waals surface area contributed by atoms with Crippen molar-refractivity contribution in [3.63, 3.8) is 0 Å². The van der Waals surface area contributed by atoms with E-state index < -0.39 is 0 Å². The lowest BCUT2D eigenvalue weighted by atomic mass is 9.83. The molecule has 294 valence electrons. The van der Waals surface area contributed by atoms with Crippen molar-refractivity contribution in [2.24, 2.45) is 10.8 Å². The largest absolute Gasteiger partial charge is 0.396 e. The van der Waals surface area contributed by atoms with Crippen LogP contribution in [0.5, 0.6) is 0 Å². The summed E-state index contributed by atoms with van der Waals surface area (Å²) in [6.07, 6.45) is 22.7. The van der Waals surface area contributed by atoms with Crippen LogP contribution < -0.4 is 0 Å². The third kappa shape index (κ3) is 25.8. The van der Waals surface area contributed by atoms with Crippen LogP contribution in [0.2, 0.25) is 0 Å². The predicted molar refractivity (Wildman–Crippen MR) is 214 cm³/mol. The Kier molecular flexibility index (Phi) is 29.4. The van der Waals surface area contributed by atoms with Crippen molar-refractivity contribution in [2.45, 2.75) is 150 Å². The van der Waals surface area contributed by atoms with E-state index in [2.05, 4.69) is 43.3 Å². The predicted octanol–water partition coefficient (Wildman–Crippen LogP) is 11.1. The molecule has 2 heterocycles. The van der Waals surface area contributed by atoms with Gasteiger partial charge in [0.1, 0.15) is 0 Å². The first kappa shape index (κ1) is 47.2. The van der Waals surface area contributed by atoms with Crippen LogP contribution in [0.1, 0.15) is 148 Å². The Bertz CT molecular complexity index is 981. The number of unbranched alkanes of at least 4 members (excludes halogenated alkanes) is 12. The van der Waals surface area contributed by atoms with Crippen LogP contribution in [0.4, 0.5) is 0 Å². The topological polar surface area (TPSA) is 77.4 Å². The molecule has 0 aliphatic carbocycles. The van der Waals surface area contributed by atoms with E-state index in [1.54, 1.807) is 0 Å². The number of rotatable bonds is 26. The number of aliphatic hydroxyl groups is 2. The van der Waals surface area contributed by atoms with E-state index in [1.807, 2.05) is 31.2 Å². The van der Waals surface area contributed by atoms with Gasteiger partial charge >= 0.3 is 0 Å². The maximum atomic E-state index is 9.23. The lowest BCUT2D eigenvalue weighted by Crippen LogP contribution is -2.39. The van der Waals surface area contributed by atoms with Crippen LogP contribution in [0, 0.1) is 10.8 Å². The molecule has 51 heavy (non-hydrogen) atoms. The second-order valence-electron chi connectivity index (χ2n) is 15.3. The number of aliphatic hydroxyl groups excluding tert-OH is 2. The molecule has 2 aliphatic heterocycles. The third-order valence-corrected chi connectivity index (χ3v) is 9.85. The summed E-state index contributed by atoms with van der Waals surface area (Å²) in [5.74, 6) is 0. The van der Waals surface area contributed by atoms with Gasteiger partial charge in [-0.1, -0.05) is 159 Å². The zero-order chi connectivity index (χ0) is 35.9. The number of hydrogen-bond donors (Lipinski definition) is 2. The molecular weight excluding hydrogens is 636 g/mol. The summed E-state index contributed by atoms with van der Waals surface area (Å²) in [7, 11) is 0. The van der Waals surface area contributed by atoms with Crippen LogP contribution >= 0.6 is 0 Å². The second kappa shape index (κ2) is 31.7. The van der Waals surface area contributed by atoms with Gasteiger partial charge in [0.25, 0.3) is 0 Å². The van der Waals surface area contributed by atoms with Crippen LogP contribution in [0.15, 0.2) is 60.7 Å². The van der Waals surface area contributed by atoms with Crippen LogP contribution in [0.3, 0.4) is 0 Å². The van der Waals surface area contributed by atoms with E-state index in [1.165, 1.54) is 107 Å². The fourth-order valence-corrected chi connectivity index (χ4v) is 6.12. The molecule has 0 aromatic heterocycles. The summed E-state index contributed by atoms with van der Waals surface area (Å²) in [6, 6.07) is 20.7. The molecule has 0 spiro atoms. The van der Waals surface area contributed by atoms with Gasteiger partial charge in [-0.05, 0) is 49.7 Å². The van der Waals surface area contributed by atoms with Crippen LogP contribution in [-0.2, 0) is 32.2 Å². The van der Waals surface area contributed by atoms with Gasteiger partial charge in [-0.2, -0.15) is 0 Å². The SMILES string of the molecule is C.C1CCOC1.CC(CO)(CO)CCCCCCCCCOCc1ccccc1.CC1(CCCCCCCCCOCc2ccccc2)COC1. The van der Waals surface area contributed by atoms with Crippen molar-refractivity contribution in [1.82, 2.24) is 0 Å². The lowest BCUT2D eigenvalue weighted by Gasteiger charge is -2.38. The molecule has 6 heteroatoms. The summed E-state index contributed by atoms with van der Waals surface area (Å²) in [6.45, 7) is 11.6. The molecule has 2 aliphatic rings. The Balaban J connectivity index is 0.000000439. The molecule has 4 rings (SSSR count). The lowest BCUT2D eigenvalue weighted by molar-refractivity contribution is -0.106. The molecule has 0 saturated carbocycles. The summed E-state index contributed by atoms with van der Waals surface area (Å²) in [5, 5.41) is 18.5. The monoisotopic (exact) mass is 715 g/mol. The molecule has 0 unspecified atom stereocenters. The quantitative estimate of drug-likeness (QED) is 0.0945. The Morgan fingerprint density at radius 1 is 0.588 bits per heavy atom. The average Bonchev–Trinajstić information content (AvgIpc) is 3.74. The number of hydrogen-bond acceptors (Lipinski definition) is 6. The van der Waals surface area contributed by atoms with Crippen molar-refractivity contribution >= 4 is 0 Å². The molecule has 2 saturated heterocycles. The minimum atomic E-state index is -0.296. The van der Waals surface area contributed by atoms with Crippen molar-refractivity contribution in [1.29, 1.82) is 0 Å². The highest BCUT2D eigenvalue weighted by Gasteiger charge is 2.32. The molecule has 0 radical (unpaired) electrons. The Labute approximate surface area is 314 Å². The highest BCUT2D eigenvalue weighted by atomic mass is 16.5. The molecule has 2 fully saturated rings. The molecule has 0 amide bonds. The standard InChI is InChI=1S/C20H34O3.C20H32O2.C4H8O.CH4/c1-20(17-21,18-22)14-10-5-3-2-4-6-11-15-23-16-19-12-8-7-9-13-19;1-20(17-22-18-20)14-10-5-3-2-4-6-11-15-21-16-19-12-8-7-9-13-19;1-2-4-5-3-1;/h7-9,12-13,21-22H,2-6,10-11,14-18H2,1H3;7-9,12-13H,2-6,10-11,14-18H2,1H3;1-4H2;1H4. The Morgan fingerprint density at radius 3 is 1.37 bits per heavy atom. The number of ether oxygens (including phenoxy) is 4. The zero-order valence-corrected chi connectivity index (χ0v) is 32.1. The summed E-state index contributed by atoms with van der Waals surface area (Å²) >= 11 is 0. The van der Waals surface area contributed by atoms with E-state index in [0.717, 1.165) is 72.1 Å². The smallest absolute Gasteiger partial charge is 0.0716 e. The highest BCUT2D eigenvalue weighted by Crippen LogP contribution is 2.32. The van der Waals surface area contributed by atoms with Gasteiger partial charge in [0, 0.05) is 37.3 Å². The van der Waals surface area contributed by atoms with E-state index in [9.17, 15) is 10.2 Å². The van der Waals surface area contributed by atoms with Crippen molar-refractivity contribution in [2.75, 3.05) is 52.9 Å². The van der Waals surface area contributed by atoms with Gasteiger partial charge < -0.3 is 29.2 Å². The minimum Gasteiger partial charge on any atom is -0.396 e.